The minimum atomic E-state index is -0.0192. The molecule has 0 atom stereocenters. The summed E-state index contributed by atoms with van der Waals surface area (Å²) < 4.78 is 0. The molecule has 0 aliphatic rings. The Hall–Kier alpha value is -1.89. The van der Waals surface area contributed by atoms with E-state index in [4.69, 9.17) is 5.73 Å². The van der Waals surface area contributed by atoms with Gasteiger partial charge in [0.15, 0.2) is 5.13 Å². The summed E-state index contributed by atoms with van der Waals surface area (Å²) in [4.78, 5) is 15.7. The van der Waals surface area contributed by atoms with Crippen molar-refractivity contribution >= 4 is 22.4 Å². The molecule has 0 saturated carbocycles. The number of nitrogens with two attached hydrogens (primary N) is 1. The lowest BCUT2D eigenvalue weighted by atomic mass is 10.1. The van der Waals surface area contributed by atoms with Crippen LogP contribution in [0, 0.1) is 6.92 Å². The third-order valence-electron chi connectivity index (χ3n) is 2.79. The minimum absolute atomic E-state index is 0.0192. The molecule has 0 aliphatic carbocycles. The minimum Gasteiger partial charge on any atom is -0.375 e. The van der Waals surface area contributed by atoms with E-state index < -0.39 is 0 Å². The number of aromatic nitrogens is 3. The molecule has 0 bridgehead atoms. The lowest BCUT2D eigenvalue weighted by Crippen LogP contribution is -2.26. The van der Waals surface area contributed by atoms with Crippen LogP contribution in [0.25, 0.3) is 0 Å². The summed E-state index contributed by atoms with van der Waals surface area (Å²) in [5.41, 5.74) is 8.52. The third kappa shape index (κ3) is 4.06. The van der Waals surface area contributed by atoms with Crippen LogP contribution in [0.3, 0.4) is 0 Å². The van der Waals surface area contributed by atoms with Crippen LogP contribution in [-0.2, 0) is 17.6 Å². The smallest absolute Gasteiger partial charge is 0.226 e. The van der Waals surface area contributed by atoms with Gasteiger partial charge in [-0.25, -0.2) is 4.98 Å². The van der Waals surface area contributed by atoms with Crippen molar-refractivity contribution in [3.05, 3.63) is 28.5 Å². The van der Waals surface area contributed by atoms with Gasteiger partial charge in [0, 0.05) is 17.6 Å². The average Bonchev–Trinajstić information content (AvgIpc) is 2.94. The highest BCUT2D eigenvalue weighted by Gasteiger charge is 2.06. The highest BCUT2D eigenvalue weighted by Crippen LogP contribution is 2.11. The number of amides is 1. The molecule has 2 aromatic rings. The Balaban J connectivity index is 1.65. The van der Waals surface area contributed by atoms with Gasteiger partial charge in [0.1, 0.15) is 0 Å². The largest absolute Gasteiger partial charge is 0.375 e. The van der Waals surface area contributed by atoms with Gasteiger partial charge in [0.2, 0.25) is 5.91 Å². The van der Waals surface area contributed by atoms with Crippen LogP contribution < -0.4 is 11.1 Å². The maximum absolute atomic E-state index is 11.6. The first-order valence-corrected chi connectivity index (χ1v) is 6.98. The monoisotopic (exact) mass is 279 g/mol. The van der Waals surface area contributed by atoms with E-state index in [2.05, 4.69) is 20.5 Å². The van der Waals surface area contributed by atoms with Crippen molar-refractivity contribution in [2.45, 2.75) is 26.2 Å². The summed E-state index contributed by atoms with van der Waals surface area (Å²) in [5, 5.41) is 12.0. The van der Waals surface area contributed by atoms with Gasteiger partial charge in [-0.05, 0) is 25.3 Å². The van der Waals surface area contributed by atoms with E-state index in [1.807, 2.05) is 18.5 Å². The second kappa shape index (κ2) is 6.33. The highest BCUT2D eigenvalue weighted by molar-refractivity contribution is 7.13. The van der Waals surface area contributed by atoms with Crippen molar-refractivity contribution in [2.24, 2.45) is 0 Å². The summed E-state index contributed by atoms with van der Waals surface area (Å²) in [6.07, 6.45) is 3.92. The van der Waals surface area contributed by atoms with E-state index >= 15 is 0 Å². The van der Waals surface area contributed by atoms with Gasteiger partial charge in [0.25, 0.3) is 0 Å². The summed E-state index contributed by atoms with van der Waals surface area (Å²) in [5.74, 6) is -0.0192. The molecule has 4 N–H and O–H groups in total. The number of thiazole rings is 1. The molecule has 0 fully saturated rings. The van der Waals surface area contributed by atoms with Crippen LogP contribution in [0.5, 0.6) is 0 Å². The molecule has 6 nitrogen and oxygen atoms in total. The van der Waals surface area contributed by atoms with Crippen molar-refractivity contribution in [3.63, 3.8) is 0 Å². The van der Waals surface area contributed by atoms with E-state index in [0.29, 0.717) is 18.1 Å². The summed E-state index contributed by atoms with van der Waals surface area (Å²) >= 11 is 1.35. The lowest BCUT2D eigenvalue weighted by Gasteiger charge is -2.03. The number of nitrogens with one attached hydrogen (secondary N) is 2. The molecular formula is C12H17N5OS. The second-order valence-electron chi connectivity index (χ2n) is 4.33. The van der Waals surface area contributed by atoms with Gasteiger partial charge in [-0.1, -0.05) is 0 Å². The molecule has 0 unspecified atom stereocenters. The number of aromatic amines is 1. The number of carbonyl (C=O) groups excluding carboxylic acids is 1. The number of nitrogen functional groups attached to an aromatic ring is 1. The second-order valence-corrected chi connectivity index (χ2v) is 5.22. The predicted molar refractivity (Wildman–Crippen MR) is 74.9 cm³/mol. The maximum atomic E-state index is 11.6. The van der Waals surface area contributed by atoms with Crippen LogP contribution in [0.4, 0.5) is 5.13 Å². The van der Waals surface area contributed by atoms with Crippen LogP contribution in [0.15, 0.2) is 11.6 Å². The third-order valence-corrected chi connectivity index (χ3v) is 3.51. The molecular weight excluding hydrogens is 262 g/mol. The first-order chi connectivity index (χ1) is 9.15. The van der Waals surface area contributed by atoms with E-state index in [-0.39, 0.29) is 5.91 Å². The summed E-state index contributed by atoms with van der Waals surface area (Å²) in [6, 6.07) is 0. The van der Waals surface area contributed by atoms with E-state index in [0.717, 1.165) is 24.2 Å². The molecule has 102 valence electrons. The summed E-state index contributed by atoms with van der Waals surface area (Å²) in [7, 11) is 0. The van der Waals surface area contributed by atoms with Crippen molar-refractivity contribution in [1.29, 1.82) is 0 Å². The zero-order valence-corrected chi connectivity index (χ0v) is 11.6. The van der Waals surface area contributed by atoms with E-state index in [1.165, 1.54) is 16.9 Å². The van der Waals surface area contributed by atoms with Gasteiger partial charge >= 0.3 is 0 Å². The molecule has 7 heteroatoms. The van der Waals surface area contributed by atoms with Crippen molar-refractivity contribution < 1.29 is 4.79 Å². The molecule has 0 spiro atoms. The van der Waals surface area contributed by atoms with Crippen molar-refractivity contribution in [2.75, 3.05) is 12.3 Å². The van der Waals surface area contributed by atoms with Crippen LogP contribution in [-0.4, -0.2) is 27.6 Å². The van der Waals surface area contributed by atoms with E-state index in [1.54, 1.807) is 0 Å². The standard InChI is InChI=1S/C12H17N5OS/c1-8-9(6-15-17-8)3-2-4-14-11(18)5-10-7-19-12(13)16-10/h6-7H,2-5H2,1H3,(H2,13,16)(H,14,18)(H,15,17). The number of nitrogens with zero attached hydrogens (tertiary/aromatic N) is 2. The number of carbonyl (C=O) groups is 1. The highest BCUT2D eigenvalue weighted by atomic mass is 32.1. The zero-order valence-electron chi connectivity index (χ0n) is 10.8. The molecule has 2 heterocycles. The Bertz CT molecular complexity index is 548. The SMILES string of the molecule is Cc1[nH]ncc1CCCNC(=O)Cc1csc(N)n1. The molecule has 19 heavy (non-hydrogen) atoms. The van der Waals surface area contributed by atoms with Gasteiger partial charge in [-0.2, -0.15) is 5.10 Å². The van der Waals surface area contributed by atoms with Crippen LogP contribution >= 0.6 is 11.3 Å². The Morgan fingerprint density at radius 1 is 1.58 bits per heavy atom. The Morgan fingerprint density at radius 2 is 2.42 bits per heavy atom. The average molecular weight is 279 g/mol. The van der Waals surface area contributed by atoms with Gasteiger partial charge in [-0.3, -0.25) is 9.89 Å². The topological polar surface area (TPSA) is 96.7 Å². The Morgan fingerprint density at radius 3 is 3.05 bits per heavy atom. The molecule has 2 aromatic heterocycles. The maximum Gasteiger partial charge on any atom is 0.226 e. The first-order valence-electron chi connectivity index (χ1n) is 6.10. The number of anilines is 1. The fraction of sp³-hybridized carbons (Fsp3) is 0.417. The van der Waals surface area contributed by atoms with Gasteiger partial charge in [0.05, 0.1) is 18.3 Å². The number of aryl methyl sites for hydroxylation is 2. The fourth-order valence-electron chi connectivity index (χ4n) is 1.77. The van der Waals surface area contributed by atoms with Crippen LogP contribution in [0.1, 0.15) is 23.4 Å². The van der Waals surface area contributed by atoms with E-state index in [9.17, 15) is 4.79 Å². The molecule has 1 amide bonds. The molecule has 0 saturated heterocycles. The fourth-order valence-corrected chi connectivity index (χ4v) is 2.33. The summed E-state index contributed by atoms with van der Waals surface area (Å²) in [6.45, 7) is 2.65. The zero-order chi connectivity index (χ0) is 13.7. The molecule has 0 radical (unpaired) electrons. The lowest BCUT2D eigenvalue weighted by molar-refractivity contribution is -0.120. The molecule has 2 rings (SSSR count). The quantitative estimate of drug-likeness (QED) is 0.688. The van der Waals surface area contributed by atoms with Crippen LogP contribution in [0.2, 0.25) is 0 Å². The number of H-pyrrole nitrogens is 1. The number of hydrogen-bond donors (Lipinski definition) is 3. The Kier molecular flexibility index (Phi) is 4.51. The first kappa shape index (κ1) is 13.5. The normalized spacial score (nSPS) is 10.6. The van der Waals surface area contributed by atoms with Gasteiger partial charge in [-0.15, -0.1) is 11.3 Å². The molecule has 0 aromatic carbocycles. The Labute approximate surface area is 115 Å². The van der Waals surface area contributed by atoms with Gasteiger partial charge < -0.3 is 11.1 Å². The number of rotatable bonds is 6. The molecule has 0 aliphatic heterocycles. The van der Waals surface area contributed by atoms with Crippen molar-refractivity contribution in [3.8, 4) is 0 Å². The number of hydrogen-bond acceptors (Lipinski definition) is 5. The van der Waals surface area contributed by atoms with Crippen molar-refractivity contribution in [1.82, 2.24) is 20.5 Å². The predicted octanol–water partition coefficient (Wildman–Crippen LogP) is 1.05.